The second-order valence-corrected chi connectivity index (χ2v) is 2.46. The van der Waals surface area contributed by atoms with E-state index in [-0.39, 0.29) is 26.6 Å². The first-order valence-corrected chi connectivity index (χ1v) is 3.65. The molecule has 0 atom stereocenters. The van der Waals surface area contributed by atoms with Crippen LogP contribution in [-0.4, -0.2) is 26.6 Å². The Labute approximate surface area is 77.2 Å². The summed E-state index contributed by atoms with van der Waals surface area (Å²) in [6, 6.07) is 0. The molecular formula is C8H16Po. The van der Waals surface area contributed by atoms with Crippen molar-refractivity contribution in [3.8, 4) is 0 Å². The Morgan fingerprint density at radius 2 is 1.11 bits per heavy atom. The van der Waals surface area contributed by atoms with E-state index in [9.17, 15) is 0 Å². The van der Waals surface area contributed by atoms with E-state index >= 15 is 0 Å². The molecule has 54 valence electrons. The minimum atomic E-state index is 0. The van der Waals surface area contributed by atoms with E-state index in [0.717, 1.165) is 0 Å². The normalized spacial score (nSPS) is 19.6. The van der Waals surface area contributed by atoms with E-state index in [0.29, 0.717) is 0 Å². The molecule has 0 radical (unpaired) electrons. The Balaban J connectivity index is 0.000000640. The topological polar surface area (TPSA) is 0 Å². The van der Waals surface area contributed by atoms with Crippen LogP contribution in [0.5, 0.6) is 0 Å². The molecule has 0 amide bonds. The van der Waals surface area contributed by atoms with Gasteiger partial charge >= 0.3 is 26.6 Å². The van der Waals surface area contributed by atoms with Gasteiger partial charge in [0, 0.05) is 0 Å². The molecule has 0 aliphatic heterocycles. The summed E-state index contributed by atoms with van der Waals surface area (Å²) in [5, 5.41) is 0. The summed E-state index contributed by atoms with van der Waals surface area (Å²) in [5.74, 6) is 0. The van der Waals surface area contributed by atoms with Crippen LogP contribution in [0.25, 0.3) is 0 Å². The average molecular weight is 321 g/mol. The fourth-order valence-electron chi connectivity index (χ4n) is 1.11. The van der Waals surface area contributed by atoms with Crippen molar-refractivity contribution >= 4 is 26.6 Å². The van der Waals surface area contributed by atoms with Crippen molar-refractivity contribution in [3.63, 3.8) is 0 Å². The van der Waals surface area contributed by atoms with Gasteiger partial charge in [0.1, 0.15) is 0 Å². The minimum absolute atomic E-state index is 0. The molecule has 1 heteroatoms. The molecule has 0 unspecified atom stereocenters. The predicted molar refractivity (Wildman–Crippen MR) is 45.4 cm³/mol. The van der Waals surface area contributed by atoms with Crippen molar-refractivity contribution in [1.82, 2.24) is 0 Å². The summed E-state index contributed by atoms with van der Waals surface area (Å²) in [5.41, 5.74) is 0. The van der Waals surface area contributed by atoms with Gasteiger partial charge in [-0.05, 0) is 25.7 Å². The van der Waals surface area contributed by atoms with Crippen molar-refractivity contribution in [2.45, 2.75) is 38.5 Å². The van der Waals surface area contributed by atoms with Crippen LogP contribution in [0.2, 0.25) is 0 Å². The van der Waals surface area contributed by atoms with Crippen LogP contribution >= 0.6 is 0 Å². The Hall–Kier alpha value is 0.636. The molecule has 0 heterocycles. The van der Waals surface area contributed by atoms with E-state index < -0.39 is 0 Å². The summed E-state index contributed by atoms with van der Waals surface area (Å²) in [4.78, 5) is 0. The maximum absolute atomic E-state index is 2.32. The third-order valence-corrected chi connectivity index (χ3v) is 1.66. The zero-order valence-electron chi connectivity index (χ0n) is 5.90. The Morgan fingerprint density at radius 3 is 1.56 bits per heavy atom. The van der Waals surface area contributed by atoms with Gasteiger partial charge in [-0.2, -0.15) is 0 Å². The average Bonchev–Trinajstić information content (AvgIpc) is 1.62. The molecule has 0 fully saturated rings. The first-order chi connectivity index (χ1) is 4.00. The first-order valence-electron chi connectivity index (χ1n) is 3.65. The van der Waals surface area contributed by atoms with Crippen molar-refractivity contribution in [2.24, 2.45) is 0 Å². The zero-order valence-corrected chi connectivity index (χ0v) is 9.78. The summed E-state index contributed by atoms with van der Waals surface area (Å²) in [7, 11) is 0. The fraction of sp³-hybridized carbons (Fsp3) is 0.750. The zero-order chi connectivity index (χ0) is 5.66. The maximum atomic E-state index is 2.32. The van der Waals surface area contributed by atoms with E-state index in [1.807, 2.05) is 0 Å². The number of rotatable bonds is 0. The van der Waals surface area contributed by atoms with Gasteiger partial charge < -0.3 is 0 Å². The molecule has 1 aliphatic rings. The SMILES string of the molecule is C1=CCCCCCC1.[PoH2]. The van der Waals surface area contributed by atoms with Crippen LogP contribution in [0.4, 0.5) is 0 Å². The standard InChI is InChI=1S/C8H14.Po.2H/c1-2-4-6-8-7-5-3-1;;;/h1-2H,3-8H2;;;. The van der Waals surface area contributed by atoms with E-state index in [4.69, 9.17) is 0 Å². The van der Waals surface area contributed by atoms with Crippen LogP contribution in [-0.2, 0) is 0 Å². The molecule has 9 heavy (non-hydrogen) atoms. The number of allylic oxidation sites excluding steroid dienone is 2. The van der Waals surface area contributed by atoms with Crippen LogP contribution < -0.4 is 0 Å². The molecule has 0 nitrogen and oxygen atoms in total. The molecule has 0 aromatic carbocycles. The Bertz CT molecular complexity index is 66.6. The van der Waals surface area contributed by atoms with Gasteiger partial charge in [0.05, 0.1) is 0 Å². The third-order valence-electron chi connectivity index (χ3n) is 1.66. The fourth-order valence-corrected chi connectivity index (χ4v) is 1.11. The molecule has 1 aliphatic carbocycles. The summed E-state index contributed by atoms with van der Waals surface area (Å²) in [6.45, 7) is 0. The second kappa shape index (κ2) is 6.75. The van der Waals surface area contributed by atoms with Crippen molar-refractivity contribution in [2.75, 3.05) is 0 Å². The van der Waals surface area contributed by atoms with Crippen molar-refractivity contribution in [3.05, 3.63) is 12.2 Å². The molecule has 0 aromatic rings. The first kappa shape index (κ1) is 9.64. The van der Waals surface area contributed by atoms with Gasteiger partial charge in [0.25, 0.3) is 0 Å². The molecule has 0 saturated carbocycles. The van der Waals surface area contributed by atoms with E-state index in [1.165, 1.54) is 38.5 Å². The van der Waals surface area contributed by atoms with Gasteiger partial charge in [-0.3, -0.25) is 0 Å². The monoisotopic (exact) mass is 321 g/mol. The van der Waals surface area contributed by atoms with E-state index in [2.05, 4.69) is 12.2 Å². The summed E-state index contributed by atoms with van der Waals surface area (Å²) in [6.07, 6.45) is 13.0. The molecule has 0 bridgehead atoms. The van der Waals surface area contributed by atoms with Gasteiger partial charge in [-0.1, -0.05) is 25.0 Å². The number of hydrogen-bond acceptors (Lipinski definition) is 0. The van der Waals surface area contributed by atoms with Gasteiger partial charge in [0.15, 0.2) is 0 Å². The van der Waals surface area contributed by atoms with Crippen LogP contribution in [0.1, 0.15) is 38.5 Å². The van der Waals surface area contributed by atoms with Crippen molar-refractivity contribution < 1.29 is 0 Å². The molecular weight excluding hydrogens is 305 g/mol. The quantitative estimate of drug-likeness (QED) is 0.599. The van der Waals surface area contributed by atoms with Crippen molar-refractivity contribution in [1.29, 1.82) is 0 Å². The van der Waals surface area contributed by atoms with Crippen LogP contribution in [0.3, 0.4) is 0 Å². The van der Waals surface area contributed by atoms with Gasteiger partial charge in [0.2, 0.25) is 0 Å². The van der Waals surface area contributed by atoms with Gasteiger partial charge in [-0.15, -0.1) is 0 Å². The Morgan fingerprint density at radius 1 is 0.667 bits per heavy atom. The molecule has 0 aromatic heterocycles. The van der Waals surface area contributed by atoms with Crippen LogP contribution in [0.15, 0.2) is 12.2 Å². The van der Waals surface area contributed by atoms with E-state index in [1.54, 1.807) is 0 Å². The molecule has 0 N–H and O–H groups in total. The summed E-state index contributed by atoms with van der Waals surface area (Å²) >= 11 is 0. The molecule has 1 rings (SSSR count). The summed E-state index contributed by atoms with van der Waals surface area (Å²) < 4.78 is 0. The molecule has 0 spiro atoms. The number of hydrogen-bond donors (Lipinski definition) is 0. The third kappa shape index (κ3) is 5.10. The molecule has 0 saturated heterocycles. The second-order valence-electron chi connectivity index (χ2n) is 2.46. The van der Waals surface area contributed by atoms with Crippen LogP contribution in [0, 0.1) is 0 Å². The predicted octanol–water partition coefficient (Wildman–Crippen LogP) is 1.98. The van der Waals surface area contributed by atoms with Gasteiger partial charge in [-0.25, -0.2) is 0 Å². The Kier molecular flexibility index (Phi) is 7.23.